The molecule has 2 aliphatic carbocycles. The van der Waals surface area contributed by atoms with Crippen LogP contribution in [0.4, 0.5) is 26.2 Å². The van der Waals surface area contributed by atoms with Gasteiger partial charge in [0.1, 0.15) is 12.0 Å². The first-order valence-corrected chi connectivity index (χ1v) is 12.5. The van der Waals surface area contributed by atoms with Crippen molar-refractivity contribution in [3.8, 4) is 0 Å². The van der Waals surface area contributed by atoms with E-state index in [0.29, 0.717) is 36.9 Å². The lowest BCUT2D eigenvalue weighted by Crippen LogP contribution is -2.52. The second kappa shape index (κ2) is 13.7. The van der Waals surface area contributed by atoms with Gasteiger partial charge in [-0.05, 0) is 45.8 Å². The minimum atomic E-state index is -1.46. The normalized spacial score (nSPS) is 26.1. The predicted molar refractivity (Wildman–Crippen MR) is 138 cm³/mol. The van der Waals surface area contributed by atoms with Gasteiger partial charge in [-0.25, -0.2) is 13.8 Å². The number of nitrogens with two attached hydrogens (primary N) is 1. The van der Waals surface area contributed by atoms with Crippen LogP contribution < -0.4 is 21.3 Å². The summed E-state index contributed by atoms with van der Waals surface area (Å²) in [6.45, 7) is 10.7. The number of anilines is 3. The van der Waals surface area contributed by atoms with Gasteiger partial charge in [0, 0.05) is 38.6 Å². The zero-order valence-electron chi connectivity index (χ0n) is 21.9. The highest BCUT2D eigenvalue weighted by molar-refractivity contribution is 5.64. The Bertz CT molecular complexity index is 843. The third-order valence-electron chi connectivity index (χ3n) is 6.07. The summed E-state index contributed by atoms with van der Waals surface area (Å²) < 4.78 is 40.3. The molecule has 0 spiro atoms. The van der Waals surface area contributed by atoms with Crippen molar-refractivity contribution in [3.05, 3.63) is 30.3 Å². The Morgan fingerprint density at radius 3 is 2.54 bits per heavy atom. The molecule has 3 rings (SSSR count). The van der Waals surface area contributed by atoms with Crippen LogP contribution >= 0.6 is 0 Å². The summed E-state index contributed by atoms with van der Waals surface area (Å²) in [5.74, 6) is -0.177. The Hall–Kier alpha value is -2.30. The van der Waals surface area contributed by atoms with Gasteiger partial charge >= 0.3 is 0 Å². The Balaban J connectivity index is 0.00000210. The second-order valence-electron chi connectivity index (χ2n) is 8.74. The van der Waals surface area contributed by atoms with Gasteiger partial charge in [0.2, 0.25) is 5.95 Å². The number of ether oxygens (including phenoxy) is 2. The number of allylic oxidation sites excluding steroid dienone is 2. The minimum absolute atomic E-state index is 0.0227. The molecule has 0 saturated heterocycles. The van der Waals surface area contributed by atoms with Crippen molar-refractivity contribution in [2.24, 2.45) is 0 Å². The number of aromatic nitrogens is 2. The van der Waals surface area contributed by atoms with Crippen molar-refractivity contribution < 1.29 is 18.3 Å². The van der Waals surface area contributed by atoms with Crippen molar-refractivity contribution in [1.82, 2.24) is 15.3 Å². The molecule has 4 N–H and O–H groups in total. The molecule has 1 saturated carbocycles. The zero-order chi connectivity index (χ0) is 26.0. The van der Waals surface area contributed by atoms with Crippen molar-refractivity contribution in [2.45, 2.75) is 90.4 Å². The Morgan fingerprint density at radius 1 is 1.29 bits per heavy atom. The summed E-state index contributed by atoms with van der Waals surface area (Å²) in [5.41, 5.74) is 6.67. The molecule has 35 heavy (non-hydrogen) atoms. The fourth-order valence-corrected chi connectivity index (χ4v) is 4.37. The summed E-state index contributed by atoms with van der Waals surface area (Å²) in [7, 11) is 1.66. The number of rotatable bonds is 10. The lowest BCUT2D eigenvalue weighted by Gasteiger charge is -2.43. The van der Waals surface area contributed by atoms with Crippen LogP contribution in [0.15, 0.2) is 30.3 Å². The molecule has 8 nitrogen and oxygen atoms in total. The van der Waals surface area contributed by atoms with Crippen molar-refractivity contribution in [3.63, 3.8) is 0 Å². The van der Waals surface area contributed by atoms with Crippen LogP contribution in [0.25, 0.3) is 0 Å². The van der Waals surface area contributed by atoms with Gasteiger partial charge in [-0.15, -0.1) is 0 Å². The fourth-order valence-electron chi connectivity index (χ4n) is 4.37. The summed E-state index contributed by atoms with van der Waals surface area (Å²) in [6.07, 6.45) is 6.97. The highest BCUT2D eigenvalue weighted by atomic mass is 19.1. The number of nitrogens with zero attached hydrogens (tertiary/aromatic N) is 3. The number of hydrogen-bond acceptors (Lipinski definition) is 8. The minimum Gasteiger partial charge on any atom is -0.394 e. The number of alkyl halides is 1. The number of methoxy groups -OCH3 is 1. The average Bonchev–Trinajstić information content (AvgIpc) is 2.84. The summed E-state index contributed by atoms with van der Waals surface area (Å²) in [4.78, 5) is 10.9. The SMILES string of the molecule is CC.CCOC1(OC)CCC(N(CNC2C(F)=CC=CC2F)c2nc(NC(C)C)ncc2N)CC1. The van der Waals surface area contributed by atoms with E-state index < -0.39 is 23.8 Å². The van der Waals surface area contributed by atoms with Crippen LogP contribution in [0.1, 0.15) is 60.3 Å². The number of nitrogen functional groups attached to an aromatic ring is 1. The summed E-state index contributed by atoms with van der Waals surface area (Å²) in [5, 5.41) is 6.21. The first-order valence-electron chi connectivity index (χ1n) is 12.5. The molecule has 1 heterocycles. The lowest BCUT2D eigenvalue weighted by molar-refractivity contribution is -0.237. The fraction of sp³-hybridized carbons (Fsp3) is 0.680. The van der Waals surface area contributed by atoms with Crippen molar-refractivity contribution in [2.75, 3.05) is 36.3 Å². The van der Waals surface area contributed by atoms with Gasteiger partial charge < -0.3 is 25.4 Å². The first kappa shape index (κ1) is 28.9. The summed E-state index contributed by atoms with van der Waals surface area (Å²) >= 11 is 0. The summed E-state index contributed by atoms with van der Waals surface area (Å²) in [6, 6.07) is -0.898. The van der Waals surface area contributed by atoms with Gasteiger partial charge in [-0.3, -0.25) is 5.32 Å². The molecular formula is C25H42F2N6O2. The van der Waals surface area contributed by atoms with Crippen LogP contribution in [0.5, 0.6) is 0 Å². The van der Waals surface area contributed by atoms with Crippen molar-refractivity contribution in [1.29, 1.82) is 0 Å². The Labute approximate surface area is 208 Å². The largest absolute Gasteiger partial charge is 0.394 e. The van der Waals surface area contributed by atoms with Gasteiger partial charge in [0.05, 0.1) is 24.6 Å². The highest BCUT2D eigenvalue weighted by Crippen LogP contribution is 2.37. The molecule has 0 aliphatic heterocycles. The Morgan fingerprint density at radius 2 is 1.97 bits per heavy atom. The third-order valence-corrected chi connectivity index (χ3v) is 6.07. The standard InChI is InChI=1S/C23H36F2N6O2.C2H6/c1-5-33-23(32-4)11-9-16(10-12-23)31(14-28-20-17(24)7-6-8-18(20)25)21-19(26)13-27-22(30-21)29-15(2)3;1-2/h6-8,13,15-17,20,28H,5,9-12,14,26H2,1-4H3,(H,27,29,30);1-2H3. The first-order chi connectivity index (χ1) is 16.8. The Kier molecular flexibility index (Phi) is 11.3. The highest BCUT2D eigenvalue weighted by Gasteiger charge is 2.39. The van der Waals surface area contributed by atoms with Crippen molar-refractivity contribution >= 4 is 17.5 Å². The van der Waals surface area contributed by atoms with E-state index in [1.807, 2.05) is 39.5 Å². The number of hydrogen-bond donors (Lipinski definition) is 3. The predicted octanol–water partition coefficient (Wildman–Crippen LogP) is 4.71. The average molecular weight is 497 g/mol. The smallest absolute Gasteiger partial charge is 0.224 e. The van der Waals surface area contributed by atoms with E-state index in [1.165, 1.54) is 18.2 Å². The molecule has 1 aromatic rings. The molecule has 2 aliphatic rings. The molecule has 1 aromatic heterocycles. The number of halogens is 2. The number of nitrogens with one attached hydrogen (secondary N) is 2. The van der Waals surface area contributed by atoms with E-state index >= 15 is 0 Å². The molecular weight excluding hydrogens is 454 g/mol. The van der Waals surface area contributed by atoms with E-state index in [1.54, 1.807) is 13.3 Å². The zero-order valence-corrected chi connectivity index (χ0v) is 21.9. The van der Waals surface area contributed by atoms with E-state index in [-0.39, 0.29) is 18.8 Å². The van der Waals surface area contributed by atoms with Crippen LogP contribution in [0, 0.1) is 0 Å². The van der Waals surface area contributed by atoms with Crippen LogP contribution in [0.3, 0.4) is 0 Å². The maximum atomic E-state index is 14.4. The molecule has 0 aromatic carbocycles. The van der Waals surface area contributed by atoms with Crippen LogP contribution in [0.2, 0.25) is 0 Å². The lowest BCUT2D eigenvalue weighted by atomic mass is 9.89. The molecule has 2 unspecified atom stereocenters. The van der Waals surface area contributed by atoms with E-state index in [9.17, 15) is 8.78 Å². The second-order valence-corrected chi connectivity index (χ2v) is 8.74. The molecule has 10 heteroatoms. The maximum absolute atomic E-state index is 14.4. The molecule has 0 radical (unpaired) electrons. The molecule has 1 fully saturated rings. The van der Waals surface area contributed by atoms with Gasteiger partial charge in [0.15, 0.2) is 11.6 Å². The quantitative estimate of drug-likeness (QED) is 0.401. The maximum Gasteiger partial charge on any atom is 0.224 e. The third kappa shape index (κ3) is 7.59. The topological polar surface area (TPSA) is 97.6 Å². The van der Waals surface area contributed by atoms with Crippen LogP contribution in [-0.2, 0) is 9.47 Å². The van der Waals surface area contributed by atoms with Gasteiger partial charge in [-0.1, -0.05) is 19.9 Å². The van der Waals surface area contributed by atoms with Crippen LogP contribution in [-0.4, -0.2) is 60.4 Å². The van der Waals surface area contributed by atoms with Gasteiger partial charge in [0.25, 0.3) is 0 Å². The molecule has 198 valence electrons. The van der Waals surface area contributed by atoms with Gasteiger partial charge in [-0.2, -0.15) is 4.98 Å². The molecule has 0 amide bonds. The molecule has 0 bridgehead atoms. The van der Waals surface area contributed by atoms with E-state index in [0.717, 1.165) is 12.8 Å². The monoisotopic (exact) mass is 496 g/mol. The molecule has 2 atom stereocenters. The van der Waals surface area contributed by atoms with E-state index in [4.69, 9.17) is 15.2 Å². The van der Waals surface area contributed by atoms with E-state index in [2.05, 4.69) is 20.6 Å².